The molecule has 0 spiro atoms. The predicted molar refractivity (Wildman–Crippen MR) is 112 cm³/mol. The summed E-state index contributed by atoms with van der Waals surface area (Å²) in [5.74, 6) is 0.998. The molecule has 2 amide bonds. The van der Waals surface area contributed by atoms with E-state index in [0.717, 1.165) is 0 Å². The number of ether oxygens (including phenoxy) is 3. The molecule has 0 saturated heterocycles. The molecule has 0 fully saturated rings. The number of hydrogen-bond donors (Lipinski definition) is 2. The highest BCUT2D eigenvalue weighted by molar-refractivity contribution is 6.31. The van der Waals surface area contributed by atoms with Crippen LogP contribution in [-0.4, -0.2) is 58.2 Å². The number of amides is 2. The summed E-state index contributed by atoms with van der Waals surface area (Å²) in [5, 5.41) is 5.97. The molecule has 2 aromatic carbocycles. The van der Waals surface area contributed by atoms with Gasteiger partial charge in [-0.05, 0) is 37.4 Å². The van der Waals surface area contributed by atoms with Crippen LogP contribution in [0.5, 0.6) is 17.2 Å². The average molecular weight is 422 g/mol. The van der Waals surface area contributed by atoms with Gasteiger partial charge in [0, 0.05) is 11.1 Å². The SMILES string of the molecule is COc1ccc(NC(=O)CN(C)CC(=O)Nc2cc(Cl)ccc2OC)c(OC)c1. The van der Waals surface area contributed by atoms with Gasteiger partial charge in [0.1, 0.15) is 17.2 Å². The summed E-state index contributed by atoms with van der Waals surface area (Å²) < 4.78 is 15.6. The lowest BCUT2D eigenvalue weighted by Crippen LogP contribution is -2.36. The van der Waals surface area contributed by atoms with E-state index in [1.165, 1.54) is 14.2 Å². The average Bonchev–Trinajstić information content (AvgIpc) is 2.68. The molecule has 2 aromatic rings. The van der Waals surface area contributed by atoms with E-state index >= 15 is 0 Å². The van der Waals surface area contributed by atoms with Crippen molar-refractivity contribution < 1.29 is 23.8 Å². The van der Waals surface area contributed by atoms with Crippen LogP contribution in [0.1, 0.15) is 0 Å². The highest BCUT2D eigenvalue weighted by Gasteiger charge is 2.15. The quantitative estimate of drug-likeness (QED) is 0.647. The summed E-state index contributed by atoms with van der Waals surface area (Å²) in [6.45, 7) is 0.0120. The maximum absolute atomic E-state index is 12.3. The molecule has 0 radical (unpaired) electrons. The van der Waals surface area contributed by atoms with Gasteiger partial charge in [-0.1, -0.05) is 11.6 Å². The third-order valence-corrected chi connectivity index (χ3v) is 4.18. The number of halogens is 1. The lowest BCUT2D eigenvalue weighted by Gasteiger charge is -2.17. The summed E-state index contributed by atoms with van der Waals surface area (Å²) >= 11 is 5.96. The van der Waals surface area contributed by atoms with Gasteiger partial charge in [0.25, 0.3) is 0 Å². The third-order valence-electron chi connectivity index (χ3n) is 3.95. The lowest BCUT2D eigenvalue weighted by atomic mass is 10.2. The normalized spacial score (nSPS) is 10.4. The minimum atomic E-state index is -0.303. The van der Waals surface area contributed by atoms with Crippen LogP contribution in [0, 0.1) is 0 Å². The standard InChI is InChI=1S/C20H24ClN3O5/c1-24(12-20(26)23-16-9-13(21)5-8-17(16)28-3)11-19(25)22-15-7-6-14(27-2)10-18(15)29-4/h5-10H,11-12H2,1-4H3,(H,22,25)(H,23,26). The number of rotatable bonds is 9. The van der Waals surface area contributed by atoms with Gasteiger partial charge in [0.15, 0.2) is 0 Å². The Morgan fingerprint density at radius 3 is 2.07 bits per heavy atom. The van der Waals surface area contributed by atoms with E-state index in [-0.39, 0.29) is 24.9 Å². The minimum absolute atomic E-state index is 0.00281. The second-order valence-electron chi connectivity index (χ2n) is 6.18. The fraction of sp³-hybridized carbons (Fsp3) is 0.300. The largest absolute Gasteiger partial charge is 0.497 e. The van der Waals surface area contributed by atoms with E-state index in [2.05, 4.69) is 10.6 Å². The zero-order chi connectivity index (χ0) is 21.4. The van der Waals surface area contributed by atoms with Gasteiger partial charge in [0.2, 0.25) is 11.8 Å². The molecule has 9 heteroatoms. The van der Waals surface area contributed by atoms with Crippen LogP contribution in [0.15, 0.2) is 36.4 Å². The van der Waals surface area contributed by atoms with Crippen molar-refractivity contribution >= 4 is 34.8 Å². The van der Waals surface area contributed by atoms with E-state index in [9.17, 15) is 9.59 Å². The number of methoxy groups -OCH3 is 3. The number of anilines is 2. The van der Waals surface area contributed by atoms with E-state index < -0.39 is 0 Å². The van der Waals surface area contributed by atoms with Gasteiger partial charge in [-0.25, -0.2) is 0 Å². The summed E-state index contributed by atoms with van der Waals surface area (Å²) in [5.41, 5.74) is 0.977. The molecule has 156 valence electrons. The Morgan fingerprint density at radius 1 is 0.862 bits per heavy atom. The van der Waals surface area contributed by atoms with Crippen LogP contribution in [-0.2, 0) is 9.59 Å². The predicted octanol–water partition coefficient (Wildman–Crippen LogP) is 2.87. The van der Waals surface area contributed by atoms with Crippen molar-refractivity contribution in [1.82, 2.24) is 4.90 Å². The van der Waals surface area contributed by atoms with Gasteiger partial charge in [0.05, 0.1) is 45.8 Å². The number of hydrogen-bond acceptors (Lipinski definition) is 6. The van der Waals surface area contributed by atoms with Crippen molar-refractivity contribution in [2.45, 2.75) is 0 Å². The molecule has 0 atom stereocenters. The maximum Gasteiger partial charge on any atom is 0.238 e. The first-order valence-electron chi connectivity index (χ1n) is 8.70. The van der Waals surface area contributed by atoms with Gasteiger partial charge >= 0.3 is 0 Å². The van der Waals surface area contributed by atoms with Gasteiger partial charge < -0.3 is 24.8 Å². The number of nitrogens with one attached hydrogen (secondary N) is 2. The fourth-order valence-electron chi connectivity index (χ4n) is 2.61. The van der Waals surface area contributed by atoms with E-state index in [1.807, 2.05) is 0 Å². The van der Waals surface area contributed by atoms with Gasteiger partial charge in [-0.15, -0.1) is 0 Å². The summed E-state index contributed by atoms with van der Waals surface area (Å²) in [6, 6.07) is 10.0. The van der Waals surface area contributed by atoms with Crippen LogP contribution in [0.2, 0.25) is 5.02 Å². The topological polar surface area (TPSA) is 89.1 Å². The van der Waals surface area contributed by atoms with Crippen LogP contribution >= 0.6 is 11.6 Å². The van der Waals surface area contributed by atoms with Gasteiger partial charge in [-0.2, -0.15) is 0 Å². The zero-order valence-corrected chi connectivity index (χ0v) is 17.5. The summed E-state index contributed by atoms with van der Waals surface area (Å²) in [4.78, 5) is 26.2. The number of carbonyl (C=O) groups excluding carboxylic acids is 2. The van der Waals surface area contributed by atoms with Crippen LogP contribution < -0.4 is 24.8 Å². The molecular formula is C20H24ClN3O5. The molecule has 8 nitrogen and oxygen atoms in total. The molecular weight excluding hydrogens is 398 g/mol. The zero-order valence-electron chi connectivity index (χ0n) is 16.7. The number of benzene rings is 2. The van der Waals surface area contributed by atoms with Crippen LogP contribution in [0.3, 0.4) is 0 Å². The van der Waals surface area contributed by atoms with Crippen molar-refractivity contribution in [3.63, 3.8) is 0 Å². The first kappa shape index (κ1) is 22.3. The van der Waals surface area contributed by atoms with Crippen molar-refractivity contribution in [3.05, 3.63) is 41.4 Å². The van der Waals surface area contributed by atoms with E-state index in [4.69, 9.17) is 25.8 Å². The smallest absolute Gasteiger partial charge is 0.238 e. The van der Waals surface area contributed by atoms with Crippen molar-refractivity contribution in [2.24, 2.45) is 0 Å². The van der Waals surface area contributed by atoms with Gasteiger partial charge in [-0.3, -0.25) is 14.5 Å². The Hall–Kier alpha value is -2.97. The monoisotopic (exact) mass is 421 g/mol. The molecule has 29 heavy (non-hydrogen) atoms. The first-order chi connectivity index (χ1) is 13.9. The number of nitrogens with zero attached hydrogens (tertiary/aromatic N) is 1. The van der Waals surface area contributed by atoms with E-state index in [1.54, 1.807) is 55.5 Å². The second kappa shape index (κ2) is 10.5. The molecule has 0 aliphatic rings. The Labute approximate surface area is 174 Å². The summed E-state index contributed by atoms with van der Waals surface area (Å²) in [6.07, 6.45) is 0. The molecule has 0 saturated carbocycles. The van der Waals surface area contributed by atoms with Crippen LogP contribution in [0.25, 0.3) is 0 Å². The molecule has 0 aromatic heterocycles. The first-order valence-corrected chi connectivity index (χ1v) is 9.08. The minimum Gasteiger partial charge on any atom is -0.497 e. The van der Waals surface area contributed by atoms with Crippen molar-refractivity contribution in [1.29, 1.82) is 0 Å². The Balaban J connectivity index is 1.92. The third kappa shape index (κ3) is 6.55. The Bertz CT molecular complexity index is 875. The molecule has 2 N–H and O–H groups in total. The molecule has 2 rings (SSSR count). The van der Waals surface area contributed by atoms with E-state index in [0.29, 0.717) is 33.6 Å². The Kier molecular flexibility index (Phi) is 8.11. The van der Waals surface area contributed by atoms with Crippen molar-refractivity contribution in [3.8, 4) is 17.2 Å². The Morgan fingerprint density at radius 2 is 1.48 bits per heavy atom. The molecule has 0 aliphatic carbocycles. The second-order valence-corrected chi connectivity index (χ2v) is 6.62. The number of carbonyl (C=O) groups is 2. The molecule has 0 aliphatic heterocycles. The summed E-state index contributed by atoms with van der Waals surface area (Å²) in [7, 11) is 6.22. The highest BCUT2D eigenvalue weighted by atomic mass is 35.5. The fourth-order valence-corrected chi connectivity index (χ4v) is 2.78. The lowest BCUT2D eigenvalue weighted by molar-refractivity contribution is -0.119. The molecule has 0 bridgehead atoms. The molecule has 0 unspecified atom stereocenters. The number of likely N-dealkylation sites (N-methyl/N-ethyl adjacent to an activating group) is 1. The van der Waals surface area contributed by atoms with Crippen LogP contribution in [0.4, 0.5) is 11.4 Å². The van der Waals surface area contributed by atoms with Crippen molar-refractivity contribution in [2.75, 3.05) is 52.1 Å². The highest BCUT2D eigenvalue weighted by Crippen LogP contribution is 2.29. The maximum atomic E-state index is 12.3. The molecule has 0 heterocycles.